The van der Waals surface area contributed by atoms with Crippen LogP contribution in [0.25, 0.3) is 0 Å². The number of nitrogen functional groups attached to an aromatic ring is 1. The zero-order chi connectivity index (χ0) is 12.4. The number of amides is 1. The largest absolute Gasteiger partial charge is 0.368 e. The number of anilines is 1. The lowest BCUT2D eigenvalue weighted by Crippen LogP contribution is -2.27. The highest BCUT2D eigenvalue weighted by molar-refractivity contribution is 7.99. The predicted octanol–water partition coefficient (Wildman–Crippen LogP) is 0.812. The first kappa shape index (κ1) is 12.2. The van der Waals surface area contributed by atoms with Gasteiger partial charge in [0.05, 0.1) is 5.75 Å². The Labute approximate surface area is 104 Å². The molecule has 3 N–H and O–H groups in total. The van der Waals surface area contributed by atoms with E-state index >= 15 is 0 Å². The number of thioether (sulfide) groups is 1. The maximum Gasteiger partial charge on any atom is 0.230 e. The van der Waals surface area contributed by atoms with Crippen molar-refractivity contribution in [2.45, 2.75) is 43.9 Å². The van der Waals surface area contributed by atoms with Crippen molar-refractivity contribution in [3.8, 4) is 0 Å². The van der Waals surface area contributed by atoms with Crippen molar-refractivity contribution in [3.63, 3.8) is 0 Å². The van der Waals surface area contributed by atoms with Gasteiger partial charge in [-0.25, -0.2) is 0 Å². The van der Waals surface area contributed by atoms with E-state index in [-0.39, 0.29) is 11.9 Å². The summed E-state index contributed by atoms with van der Waals surface area (Å²) in [5, 5.41) is 11.4. The summed E-state index contributed by atoms with van der Waals surface area (Å²) < 4.78 is 1.83. The van der Waals surface area contributed by atoms with E-state index in [4.69, 9.17) is 5.73 Å². The van der Waals surface area contributed by atoms with Crippen LogP contribution < -0.4 is 11.1 Å². The molecule has 1 fully saturated rings. The molecular weight excluding hydrogens is 238 g/mol. The van der Waals surface area contributed by atoms with E-state index in [1.807, 2.05) is 18.4 Å². The van der Waals surface area contributed by atoms with E-state index in [0.29, 0.717) is 22.9 Å². The minimum atomic E-state index is 0.0503. The Balaban J connectivity index is 1.91. The van der Waals surface area contributed by atoms with Gasteiger partial charge in [-0.1, -0.05) is 11.8 Å². The molecule has 17 heavy (non-hydrogen) atoms. The van der Waals surface area contributed by atoms with E-state index < -0.39 is 0 Å². The Morgan fingerprint density at radius 2 is 2.29 bits per heavy atom. The first-order chi connectivity index (χ1) is 8.08. The summed E-state index contributed by atoms with van der Waals surface area (Å²) in [6.45, 7) is 4.02. The predicted molar refractivity (Wildman–Crippen MR) is 66.7 cm³/mol. The normalized spacial score (nSPS) is 15.2. The van der Waals surface area contributed by atoms with Crippen molar-refractivity contribution in [3.05, 3.63) is 0 Å². The number of hydrogen-bond acceptors (Lipinski definition) is 5. The summed E-state index contributed by atoms with van der Waals surface area (Å²) >= 11 is 1.37. The van der Waals surface area contributed by atoms with Crippen LogP contribution in [0.2, 0.25) is 0 Å². The molecule has 1 aliphatic carbocycles. The van der Waals surface area contributed by atoms with Crippen LogP contribution in [0.5, 0.6) is 0 Å². The average molecular weight is 255 g/mol. The third kappa shape index (κ3) is 3.12. The molecule has 6 nitrogen and oxygen atoms in total. The quantitative estimate of drug-likeness (QED) is 0.760. The Kier molecular flexibility index (Phi) is 3.56. The fourth-order valence-corrected chi connectivity index (χ4v) is 2.38. The molecule has 1 heterocycles. The number of hydrogen-bond donors (Lipinski definition) is 2. The second-order valence-corrected chi connectivity index (χ2v) is 5.38. The Morgan fingerprint density at radius 3 is 2.88 bits per heavy atom. The monoisotopic (exact) mass is 255 g/mol. The number of rotatable bonds is 5. The van der Waals surface area contributed by atoms with Gasteiger partial charge in [-0.3, -0.25) is 9.36 Å². The summed E-state index contributed by atoms with van der Waals surface area (Å²) in [6.07, 6.45) is 2.21. The van der Waals surface area contributed by atoms with Gasteiger partial charge >= 0.3 is 0 Å². The molecular formula is C10H17N5OS. The lowest BCUT2D eigenvalue weighted by molar-refractivity contribution is -0.118. The van der Waals surface area contributed by atoms with Gasteiger partial charge in [0.1, 0.15) is 0 Å². The van der Waals surface area contributed by atoms with Gasteiger partial charge in [0.25, 0.3) is 0 Å². The summed E-state index contributed by atoms with van der Waals surface area (Å²) in [6, 6.07) is 0.593. The number of nitrogens with two attached hydrogens (primary N) is 1. The van der Waals surface area contributed by atoms with Gasteiger partial charge in [0.2, 0.25) is 11.9 Å². The Hall–Kier alpha value is -1.24. The molecule has 0 radical (unpaired) electrons. The van der Waals surface area contributed by atoms with E-state index in [9.17, 15) is 4.79 Å². The van der Waals surface area contributed by atoms with E-state index in [0.717, 1.165) is 12.8 Å². The molecule has 0 bridgehead atoms. The highest BCUT2D eigenvalue weighted by atomic mass is 32.2. The number of carbonyl (C=O) groups is 1. The molecule has 1 aliphatic rings. The lowest BCUT2D eigenvalue weighted by Gasteiger charge is -2.11. The van der Waals surface area contributed by atoms with Gasteiger partial charge in [-0.05, 0) is 26.7 Å². The maximum absolute atomic E-state index is 11.5. The van der Waals surface area contributed by atoms with Gasteiger partial charge in [0.15, 0.2) is 5.16 Å². The molecule has 0 spiro atoms. The van der Waals surface area contributed by atoms with Crippen molar-refractivity contribution in [2.75, 3.05) is 11.5 Å². The van der Waals surface area contributed by atoms with Crippen LogP contribution in [-0.2, 0) is 4.79 Å². The van der Waals surface area contributed by atoms with Gasteiger partial charge in [-0.2, -0.15) is 0 Å². The smallest absolute Gasteiger partial charge is 0.230 e. The minimum Gasteiger partial charge on any atom is -0.368 e. The molecule has 0 atom stereocenters. The van der Waals surface area contributed by atoms with Crippen molar-refractivity contribution < 1.29 is 4.79 Å². The highest BCUT2D eigenvalue weighted by Crippen LogP contribution is 2.23. The molecule has 1 saturated carbocycles. The first-order valence-electron chi connectivity index (χ1n) is 5.70. The van der Waals surface area contributed by atoms with Crippen molar-refractivity contribution in [1.82, 2.24) is 20.1 Å². The van der Waals surface area contributed by atoms with E-state index in [1.165, 1.54) is 11.8 Å². The first-order valence-corrected chi connectivity index (χ1v) is 6.69. The number of aromatic nitrogens is 3. The fraction of sp³-hybridized carbons (Fsp3) is 0.700. The summed E-state index contributed by atoms with van der Waals surface area (Å²) in [5.41, 5.74) is 5.71. The maximum atomic E-state index is 11.5. The topological polar surface area (TPSA) is 85.8 Å². The van der Waals surface area contributed by atoms with Crippen molar-refractivity contribution >= 4 is 23.6 Å². The summed E-state index contributed by atoms with van der Waals surface area (Å²) in [7, 11) is 0. The van der Waals surface area contributed by atoms with Crippen LogP contribution >= 0.6 is 11.8 Å². The number of nitrogens with zero attached hydrogens (tertiary/aromatic N) is 3. The molecule has 0 aliphatic heterocycles. The molecule has 0 saturated heterocycles. The van der Waals surface area contributed by atoms with Crippen molar-refractivity contribution in [2.24, 2.45) is 0 Å². The van der Waals surface area contributed by atoms with Crippen LogP contribution in [0, 0.1) is 0 Å². The zero-order valence-electron chi connectivity index (χ0n) is 10.0. The van der Waals surface area contributed by atoms with Crippen LogP contribution in [0.15, 0.2) is 5.16 Å². The molecule has 1 aromatic heterocycles. The molecule has 0 unspecified atom stereocenters. The second kappa shape index (κ2) is 4.95. The molecule has 1 aromatic rings. The average Bonchev–Trinajstić information content (AvgIpc) is 2.97. The molecule has 94 valence electrons. The molecule has 0 aromatic carbocycles. The third-order valence-electron chi connectivity index (χ3n) is 2.48. The van der Waals surface area contributed by atoms with E-state index in [2.05, 4.69) is 15.5 Å². The highest BCUT2D eigenvalue weighted by Gasteiger charge is 2.23. The van der Waals surface area contributed by atoms with Gasteiger partial charge in [-0.15, -0.1) is 10.2 Å². The van der Waals surface area contributed by atoms with Crippen LogP contribution in [0.4, 0.5) is 5.95 Å². The van der Waals surface area contributed by atoms with Crippen LogP contribution in [0.1, 0.15) is 32.7 Å². The SMILES string of the molecule is CC(C)n1c(N)nnc1SCC(=O)NC1CC1. The zero-order valence-corrected chi connectivity index (χ0v) is 10.8. The second-order valence-electron chi connectivity index (χ2n) is 4.43. The van der Waals surface area contributed by atoms with Crippen LogP contribution in [-0.4, -0.2) is 32.5 Å². The third-order valence-corrected chi connectivity index (χ3v) is 3.43. The molecule has 1 amide bonds. The van der Waals surface area contributed by atoms with E-state index in [1.54, 1.807) is 0 Å². The minimum absolute atomic E-state index is 0.0503. The lowest BCUT2D eigenvalue weighted by atomic mass is 10.4. The van der Waals surface area contributed by atoms with Crippen LogP contribution in [0.3, 0.4) is 0 Å². The summed E-state index contributed by atoms with van der Waals surface area (Å²) in [4.78, 5) is 11.5. The Bertz CT molecular complexity index is 413. The fourth-order valence-electron chi connectivity index (χ4n) is 1.50. The standard InChI is InChI=1S/C10H17N5OS/c1-6(2)15-9(11)13-14-10(15)17-5-8(16)12-7-3-4-7/h6-7H,3-5H2,1-2H3,(H2,11,13)(H,12,16). The number of carbonyl (C=O) groups excluding carboxylic acids is 1. The Morgan fingerprint density at radius 1 is 1.59 bits per heavy atom. The number of nitrogens with one attached hydrogen (secondary N) is 1. The van der Waals surface area contributed by atoms with Crippen molar-refractivity contribution in [1.29, 1.82) is 0 Å². The summed E-state index contributed by atoms with van der Waals surface area (Å²) in [5.74, 6) is 0.806. The molecule has 7 heteroatoms. The molecule has 2 rings (SSSR count). The van der Waals surface area contributed by atoms with Gasteiger partial charge in [0, 0.05) is 12.1 Å². The van der Waals surface area contributed by atoms with Gasteiger partial charge < -0.3 is 11.1 Å².